The third-order valence-corrected chi connectivity index (χ3v) is 6.25. The van der Waals surface area contributed by atoms with E-state index in [0.29, 0.717) is 24.2 Å². The Morgan fingerprint density at radius 2 is 1.57 bits per heavy atom. The van der Waals surface area contributed by atoms with Crippen LogP contribution in [0, 0.1) is 11.3 Å². The van der Waals surface area contributed by atoms with Crippen molar-refractivity contribution < 1.29 is 13.2 Å². The van der Waals surface area contributed by atoms with Crippen LogP contribution in [0.25, 0.3) is 0 Å². The predicted octanol–water partition coefficient (Wildman–Crippen LogP) is 1.82. The van der Waals surface area contributed by atoms with Crippen LogP contribution in [0.5, 0.6) is 0 Å². The molecule has 1 fully saturated rings. The van der Waals surface area contributed by atoms with Crippen molar-refractivity contribution in [2.24, 2.45) is 0 Å². The first-order chi connectivity index (χ1) is 13.4. The van der Waals surface area contributed by atoms with Gasteiger partial charge >= 0.3 is 0 Å². The lowest BCUT2D eigenvalue weighted by molar-refractivity contribution is -0.130. The molecule has 7 heteroatoms. The number of nitrogens with zero attached hydrogens (tertiary/aromatic N) is 3. The van der Waals surface area contributed by atoms with Crippen LogP contribution in [-0.4, -0.2) is 56.1 Å². The maximum atomic E-state index is 12.5. The van der Waals surface area contributed by atoms with Crippen LogP contribution in [0.4, 0.5) is 0 Å². The van der Waals surface area contributed by atoms with E-state index in [4.69, 9.17) is 5.26 Å². The van der Waals surface area contributed by atoms with Gasteiger partial charge in [-0.1, -0.05) is 42.5 Å². The van der Waals surface area contributed by atoms with Crippen LogP contribution in [0.15, 0.2) is 54.6 Å². The van der Waals surface area contributed by atoms with E-state index in [0.717, 1.165) is 19.6 Å². The average Bonchev–Trinajstić information content (AvgIpc) is 2.69. The standard InChI is InChI=1S/C21H23N3O3S/c22-14-18-6-8-20(9-7-18)16-28(26,27)17-21(25)24-12-10-23(11-13-24)15-19-4-2-1-3-5-19/h1-9H,10-13,15-17H2. The molecule has 1 amide bonds. The van der Waals surface area contributed by atoms with E-state index in [-0.39, 0.29) is 11.7 Å². The lowest BCUT2D eigenvalue weighted by Crippen LogP contribution is -2.49. The van der Waals surface area contributed by atoms with Crippen molar-refractivity contribution in [1.29, 1.82) is 5.26 Å². The van der Waals surface area contributed by atoms with Crippen molar-refractivity contribution in [3.8, 4) is 6.07 Å². The minimum Gasteiger partial charge on any atom is -0.339 e. The Kier molecular flexibility index (Phi) is 6.45. The number of hydrogen-bond acceptors (Lipinski definition) is 5. The van der Waals surface area contributed by atoms with Gasteiger partial charge in [0.2, 0.25) is 5.91 Å². The van der Waals surface area contributed by atoms with Crippen LogP contribution in [0.1, 0.15) is 16.7 Å². The maximum Gasteiger partial charge on any atom is 0.237 e. The van der Waals surface area contributed by atoms with E-state index in [9.17, 15) is 13.2 Å². The molecule has 0 aromatic heterocycles. The summed E-state index contributed by atoms with van der Waals surface area (Å²) in [7, 11) is -3.55. The normalized spacial score (nSPS) is 15.2. The van der Waals surface area contributed by atoms with Gasteiger partial charge in [-0.25, -0.2) is 8.42 Å². The van der Waals surface area contributed by atoms with Gasteiger partial charge in [0.05, 0.1) is 17.4 Å². The molecular weight excluding hydrogens is 374 g/mol. The summed E-state index contributed by atoms with van der Waals surface area (Å²) in [5.41, 5.74) is 2.29. The molecule has 0 atom stereocenters. The number of rotatable bonds is 6. The Hall–Kier alpha value is -2.69. The molecule has 0 aliphatic carbocycles. The number of carbonyl (C=O) groups is 1. The molecule has 1 saturated heterocycles. The Morgan fingerprint density at radius 1 is 0.929 bits per heavy atom. The first kappa shape index (κ1) is 20.1. The van der Waals surface area contributed by atoms with Crippen LogP contribution in [0.2, 0.25) is 0 Å². The SMILES string of the molecule is N#Cc1ccc(CS(=O)(=O)CC(=O)N2CCN(Cc3ccccc3)CC2)cc1. The van der Waals surface area contributed by atoms with E-state index in [2.05, 4.69) is 17.0 Å². The highest BCUT2D eigenvalue weighted by Gasteiger charge is 2.25. The van der Waals surface area contributed by atoms with Gasteiger partial charge in [-0.05, 0) is 23.3 Å². The highest BCUT2D eigenvalue weighted by Crippen LogP contribution is 2.12. The van der Waals surface area contributed by atoms with Gasteiger partial charge in [0.25, 0.3) is 0 Å². The summed E-state index contributed by atoms with van der Waals surface area (Å²) in [4.78, 5) is 16.4. The fourth-order valence-corrected chi connectivity index (χ4v) is 4.62. The minimum absolute atomic E-state index is 0.196. The van der Waals surface area contributed by atoms with E-state index in [1.165, 1.54) is 5.56 Å². The van der Waals surface area contributed by atoms with Crippen molar-refractivity contribution in [2.45, 2.75) is 12.3 Å². The summed E-state index contributed by atoms with van der Waals surface area (Å²) >= 11 is 0. The minimum atomic E-state index is -3.55. The molecule has 0 unspecified atom stereocenters. The largest absolute Gasteiger partial charge is 0.339 e. The molecule has 3 rings (SSSR count). The first-order valence-corrected chi connectivity index (χ1v) is 11.0. The lowest BCUT2D eigenvalue weighted by atomic mass is 10.2. The molecule has 0 spiro atoms. The van der Waals surface area contributed by atoms with Crippen LogP contribution in [-0.2, 0) is 26.9 Å². The van der Waals surface area contributed by atoms with E-state index >= 15 is 0 Å². The topological polar surface area (TPSA) is 81.5 Å². The Bertz CT molecular complexity index is 943. The number of nitriles is 1. The van der Waals surface area contributed by atoms with Gasteiger partial charge in [-0.15, -0.1) is 0 Å². The van der Waals surface area contributed by atoms with Crippen LogP contribution in [0.3, 0.4) is 0 Å². The molecule has 1 aliphatic rings. The zero-order valence-corrected chi connectivity index (χ0v) is 16.4. The predicted molar refractivity (Wildman–Crippen MR) is 107 cm³/mol. The smallest absolute Gasteiger partial charge is 0.237 e. The highest BCUT2D eigenvalue weighted by molar-refractivity contribution is 7.91. The van der Waals surface area contributed by atoms with Gasteiger partial charge in [0, 0.05) is 32.7 Å². The van der Waals surface area contributed by atoms with Gasteiger partial charge < -0.3 is 4.90 Å². The Balaban J connectivity index is 1.49. The zero-order chi connectivity index (χ0) is 20.0. The van der Waals surface area contributed by atoms with E-state index in [1.54, 1.807) is 29.2 Å². The van der Waals surface area contributed by atoms with Crippen molar-refractivity contribution in [2.75, 3.05) is 31.9 Å². The van der Waals surface area contributed by atoms with E-state index < -0.39 is 15.6 Å². The maximum absolute atomic E-state index is 12.5. The van der Waals surface area contributed by atoms with Crippen molar-refractivity contribution in [1.82, 2.24) is 9.80 Å². The summed E-state index contributed by atoms with van der Waals surface area (Å²) in [6, 6.07) is 18.5. The van der Waals surface area contributed by atoms with E-state index in [1.807, 2.05) is 24.3 Å². The molecule has 0 saturated carbocycles. The molecule has 2 aromatic rings. The summed E-state index contributed by atoms with van der Waals surface area (Å²) in [5.74, 6) is -1.02. The summed E-state index contributed by atoms with van der Waals surface area (Å²) < 4.78 is 24.8. The van der Waals surface area contributed by atoms with Crippen molar-refractivity contribution >= 4 is 15.7 Å². The molecule has 28 heavy (non-hydrogen) atoms. The molecule has 1 aliphatic heterocycles. The highest BCUT2D eigenvalue weighted by atomic mass is 32.2. The molecular formula is C21H23N3O3S. The van der Waals surface area contributed by atoms with Gasteiger partial charge in [-0.2, -0.15) is 5.26 Å². The van der Waals surface area contributed by atoms with Gasteiger partial charge in [0.15, 0.2) is 9.84 Å². The molecule has 6 nitrogen and oxygen atoms in total. The molecule has 0 N–H and O–H groups in total. The monoisotopic (exact) mass is 397 g/mol. The third kappa shape index (κ3) is 5.65. The molecule has 2 aromatic carbocycles. The number of hydrogen-bond donors (Lipinski definition) is 0. The van der Waals surface area contributed by atoms with Crippen molar-refractivity contribution in [3.05, 3.63) is 71.3 Å². The average molecular weight is 398 g/mol. The quantitative estimate of drug-likeness (QED) is 0.743. The molecule has 146 valence electrons. The summed E-state index contributed by atoms with van der Waals surface area (Å²) in [6.07, 6.45) is 0. The summed E-state index contributed by atoms with van der Waals surface area (Å²) in [6.45, 7) is 3.38. The van der Waals surface area contributed by atoms with Crippen LogP contribution >= 0.6 is 0 Å². The first-order valence-electron chi connectivity index (χ1n) is 9.19. The lowest BCUT2D eigenvalue weighted by Gasteiger charge is -2.34. The molecule has 0 bridgehead atoms. The summed E-state index contributed by atoms with van der Waals surface area (Å²) in [5, 5.41) is 8.80. The number of carbonyl (C=O) groups excluding carboxylic acids is 1. The molecule has 0 radical (unpaired) electrons. The number of piperazine rings is 1. The Labute approximate surface area is 165 Å². The number of benzene rings is 2. The number of sulfone groups is 1. The second-order valence-electron chi connectivity index (χ2n) is 6.98. The molecule has 1 heterocycles. The van der Waals surface area contributed by atoms with Gasteiger partial charge in [0.1, 0.15) is 5.75 Å². The van der Waals surface area contributed by atoms with Crippen molar-refractivity contribution in [3.63, 3.8) is 0 Å². The number of amides is 1. The zero-order valence-electron chi connectivity index (χ0n) is 15.6. The Morgan fingerprint density at radius 3 is 2.18 bits per heavy atom. The van der Waals surface area contributed by atoms with Crippen LogP contribution < -0.4 is 0 Å². The fraction of sp³-hybridized carbons (Fsp3) is 0.333. The fourth-order valence-electron chi connectivity index (χ4n) is 3.26. The van der Waals surface area contributed by atoms with Gasteiger partial charge in [-0.3, -0.25) is 9.69 Å². The third-order valence-electron chi connectivity index (χ3n) is 4.79. The second kappa shape index (κ2) is 9.00. The second-order valence-corrected chi connectivity index (χ2v) is 9.05.